The smallest absolute Gasteiger partial charge is 0.229 e. The molecule has 0 aliphatic carbocycles. The summed E-state index contributed by atoms with van der Waals surface area (Å²) < 4.78 is 0. The molecule has 1 saturated heterocycles. The molecule has 2 aromatic carbocycles. The number of hydrogen-bond acceptors (Lipinski definition) is 1. The number of carbonyl (C=O) groups is 1. The monoisotopic (exact) mass is 279 g/mol. The normalized spacial score (nSPS) is 20.8. The summed E-state index contributed by atoms with van der Waals surface area (Å²) in [7, 11) is 0. The summed E-state index contributed by atoms with van der Waals surface area (Å²) in [6.07, 6.45) is 0.878. The quantitative estimate of drug-likeness (QED) is 0.825. The zero-order valence-corrected chi connectivity index (χ0v) is 12.6. The van der Waals surface area contributed by atoms with Gasteiger partial charge in [0.05, 0.1) is 6.04 Å². The largest absolute Gasteiger partial charge is 0.331 e. The van der Waals surface area contributed by atoms with Crippen LogP contribution in [0.25, 0.3) is 0 Å². The highest BCUT2D eigenvalue weighted by Crippen LogP contribution is 2.44. The van der Waals surface area contributed by atoms with E-state index in [1.54, 1.807) is 0 Å². The fourth-order valence-corrected chi connectivity index (χ4v) is 3.15. The van der Waals surface area contributed by atoms with Crippen LogP contribution in [0.15, 0.2) is 60.7 Å². The van der Waals surface area contributed by atoms with Gasteiger partial charge in [0.25, 0.3) is 0 Å². The third-order valence-electron chi connectivity index (χ3n) is 4.30. The van der Waals surface area contributed by atoms with Crippen LogP contribution in [0.3, 0.4) is 0 Å². The molecule has 1 atom stereocenters. The van der Waals surface area contributed by atoms with Crippen molar-refractivity contribution < 1.29 is 4.79 Å². The molecule has 2 aromatic rings. The fraction of sp³-hybridized carbons (Fsp3) is 0.316. The zero-order valence-electron chi connectivity index (χ0n) is 12.6. The van der Waals surface area contributed by atoms with Gasteiger partial charge in [-0.1, -0.05) is 74.5 Å². The lowest BCUT2D eigenvalue weighted by Gasteiger charge is -2.25. The molecule has 1 amide bonds. The van der Waals surface area contributed by atoms with Crippen molar-refractivity contribution in [2.24, 2.45) is 5.41 Å². The third kappa shape index (κ3) is 2.71. The summed E-state index contributed by atoms with van der Waals surface area (Å²) in [5.41, 5.74) is 2.13. The second kappa shape index (κ2) is 5.36. The zero-order chi connectivity index (χ0) is 14.9. The standard InChI is InChI=1S/C19H21NO/c1-19(2)13-17(16-11-7-4-8-12-16)20(18(19)21)14-15-9-5-3-6-10-15/h3-12,17H,13-14H2,1-2H3/t17-/m1/s1. The molecule has 0 spiro atoms. The summed E-state index contributed by atoms with van der Waals surface area (Å²) in [4.78, 5) is 14.8. The minimum Gasteiger partial charge on any atom is -0.331 e. The molecular formula is C19H21NO. The minimum absolute atomic E-state index is 0.175. The average Bonchev–Trinajstić information content (AvgIpc) is 2.73. The van der Waals surface area contributed by atoms with Crippen LogP contribution >= 0.6 is 0 Å². The Morgan fingerprint density at radius 2 is 1.57 bits per heavy atom. The summed E-state index contributed by atoms with van der Waals surface area (Å²) in [5.74, 6) is 0.250. The first-order chi connectivity index (χ1) is 10.1. The van der Waals surface area contributed by atoms with Crippen LogP contribution in [0.2, 0.25) is 0 Å². The van der Waals surface area contributed by atoms with Gasteiger partial charge < -0.3 is 4.90 Å². The first-order valence-corrected chi connectivity index (χ1v) is 7.48. The van der Waals surface area contributed by atoms with Gasteiger partial charge in [0.2, 0.25) is 5.91 Å². The second-order valence-electron chi connectivity index (χ2n) is 6.43. The van der Waals surface area contributed by atoms with Gasteiger partial charge in [-0.2, -0.15) is 0 Å². The van der Waals surface area contributed by atoms with E-state index >= 15 is 0 Å². The van der Waals surface area contributed by atoms with E-state index in [-0.39, 0.29) is 17.4 Å². The van der Waals surface area contributed by atoms with E-state index in [1.165, 1.54) is 11.1 Å². The highest BCUT2D eigenvalue weighted by molar-refractivity contribution is 5.84. The van der Waals surface area contributed by atoms with Crippen LogP contribution in [0.1, 0.15) is 37.4 Å². The molecule has 0 unspecified atom stereocenters. The van der Waals surface area contributed by atoms with Crippen LogP contribution in [0.4, 0.5) is 0 Å². The third-order valence-corrected chi connectivity index (χ3v) is 4.30. The van der Waals surface area contributed by atoms with Crippen molar-refractivity contribution in [3.05, 3.63) is 71.8 Å². The van der Waals surface area contributed by atoms with Gasteiger partial charge in [0.15, 0.2) is 0 Å². The fourth-order valence-electron chi connectivity index (χ4n) is 3.15. The molecule has 1 heterocycles. The number of rotatable bonds is 3. The number of carbonyl (C=O) groups excluding carboxylic acids is 1. The van der Waals surface area contributed by atoms with Gasteiger partial charge >= 0.3 is 0 Å². The van der Waals surface area contributed by atoms with Crippen LogP contribution in [0.5, 0.6) is 0 Å². The molecule has 0 N–H and O–H groups in total. The predicted molar refractivity (Wildman–Crippen MR) is 84.6 cm³/mol. The summed E-state index contributed by atoms with van der Waals surface area (Å²) in [5, 5.41) is 0. The van der Waals surface area contributed by atoms with Gasteiger partial charge in [-0.3, -0.25) is 4.79 Å². The lowest BCUT2D eigenvalue weighted by Crippen LogP contribution is -2.31. The maximum atomic E-state index is 12.7. The van der Waals surface area contributed by atoms with Crippen LogP contribution in [-0.4, -0.2) is 10.8 Å². The van der Waals surface area contributed by atoms with E-state index in [0.29, 0.717) is 6.54 Å². The van der Waals surface area contributed by atoms with Crippen molar-refractivity contribution >= 4 is 5.91 Å². The molecule has 3 rings (SSSR count). The number of nitrogens with zero attached hydrogens (tertiary/aromatic N) is 1. The Labute approximate surface area is 126 Å². The first kappa shape index (κ1) is 13.9. The van der Waals surface area contributed by atoms with E-state index in [4.69, 9.17) is 0 Å². The topological polar surface area (TPSA) is 20.3 Å². The van der Waals surface area contributed by atoms with Gasteiger partial charge in [0.1, 0.15) is 0 Å². The average molecular weight is 279 g/mol. The Morgan fingerprint density at radius 3 is 2.19 bits per heavy atom. The van der Waals surface area contributed by atoms with E-state index in [2.05, 4.69) is 38.1 Å². The van der Waals surface area contributed by atoms with Gasteiger partial charge in [-0.25, -0.2) is 0 Å². The Morgan fingerprint density at radius 1 is 1.00 bits per heavy atom. The Kier molecular flexibility index (Phi) is 3.54. The van der Waals surface area contributed by atoms with E-state index in [9.17, 15) is 4.79 Å². The molecule has 0 bridgehead atoms. The highest BCUT2D eigenvalue weighted by atomic mass is 16.2. The van der Waals surface area contributed by atoms with Crippen molar-refractivity contribution in [2.45, 2.75) is 32.9 Å². The first-order valence-electron chi connectivity index (χ1n) is 7.48. The molecule has 1 aliphatic rings. The minimum atomic E-state index is -0.282. The highest BCUT2D eigenvalue weighted by Gasteiger charge is 2.45. The van der Waals surface area contributed by atoms with Gasteiger partial charge in [0, 0.05) is 12.0 Å². The number of benzene rings is 2. The molecule has 1 aliphatic heterocycles. The molecule has 108 valence electrons. The predicted octanol–water partition coefficient (Wildman–Crippen LogP) is 4.19. The lowest BCUT2D eigenvalue weighted by molar-refractivity contribution is -0.136. The molecular weight excluding hydrogens is 258 g/mol. The van der Waals surface area contributed by atoms with Crippen molar-refractivity contribution in [1.82, 2.24) is 4.90 Å². The van der Waals surface area contributed by atoms with Crippen LogP contribution in [-0.2, 0) is 11.3 Å². The molecule has 2 heteroatoms. The molecule has 0 aromatic heterocycles. The van der Waals surface area contributed by atoms with E-state index in [1.807, 2.05) is 41.3 Å². The van der Waals surface area contributed by atoms with Gasteiger partial charge in [-0.15, -0.1) is 0 Å². The van der Waals surface area contributed by atoms with Crippen molar-refractivity contribution in [2.75, 3.05) is 0 Å². The molecule has 0 radical (unpaired) electrons. The Balaban J connectivity index is 1.92. The van der Waals surface area contributed by atoms with Crippen molar-refractivity contribution in [3.63, 3.8) is 0 Å². The van der Waals surface area contributed by atoms with Crippen molar-refractivity contribution in [3.8, 4) is 0 Å². The van der Waals surface area contributed by atoms with Crippen LogP contribution < -0.4 is 0 Å². The number of likely N-dealkylation sites (tertiary alicyclic amines) is 1. The van der Waals surface area contributed by atoms with Gasteiger partial charge in [-0.05, 0) is 17.5 Å². The maximum Gasteiger partial charge on any atom is 0.229 e. The number of hydrogen-bond donors (Lipinski definition) is 0. The lowest BCUT2D eigenvalue weighted by atomic mass is 9.88. The molecule has 1 fully saturated rings. The Bertz CT molecular complexity index is 619. The Hall–Kier alpha value is -2.09. The molecule has 21 heavy (non-hydrogen) atoms. The van der Waals surface area contributed by atoms with Crippen molar-refractivity contribution in [1.29, 1.82) is 0 Å². The molecule has 0 saturated carbocycles. The summed E-state index contributed by atoms with van der Waals surface area (Å²) in [6, 6.07) is 20.8. The van der Waals surface area contributed by atoms with E-state index in [0.717, 1.165) is 6.42 Å². The molecule has 2 nitrogen and oxygen atoms in total. The van der Waals surface area contributed by atoms with E-state index < -0.39 is 0 Å². The number of amides is 1. The second-order valence-corrected chi connectivity index (χ2v) is 6.43. The summed E-state index contributed by atoms with van der Waals surface area (Å²) in [6.45, 7) is 4.79. The SMILES string of the molecule is CC1(C)C[C@H](c2ccccc2)N(Cc2ccccc2)C1=O. The summed E-state index contributed by atoms with van der Waals surface area (Å²) >= 11 is 0. The van der Waals surface area contributed by atoms with Crippen LogP contribution in [0, 0.1) is 5.41 Å². The maximum absolute atomic E-state index is 12.7.